The fourth-order valence-electron chi connectivity index (χ4n) is 7.48. The van der Waals surface area contributed by atoms with Crippen molar-refractivity contribution in [1.29, 1.82) is 0 Å². The molecule has 0 spiro atoms. The van der Waals surface area contributed by atoms with Crippen LogP contribution in [0.1, 0.15) is 251 Å². The molecule has 0 aliphatic heterocycles. The van der Waals surface area contributed by atoms with Gasteiger partial charge in [0.15, 0.2) is 0 Å². The Labute approximate surface area is 394 Å². The minimum absolute atomic E-state index is 0.0792. The average Bonchev–Trinajstić information content (AvgIpc) is 3.28. The van der Waals surface area contributed by atoms with Gasteiger partial charge in [0.05, 0.1) is 13.2 Å². The molecule has 0 radical (unpaired) electrons. The Morgan fingerprint density at radius 3 is 1.30 bits per heavy atom. The Balaban J connectivity index is 3.56. The topological polar surface area (TPSA) is 131 Å². The van der Waals surface area contributed by atoms with Gasteiger partial charge in [-0.25, -0.2) is 4.57 Å². The molecule has 0 aliphatic rings. The second-order valence-corrected chi connectivity index (χ2v) is 19.3. The summed E-state index contributed by atoms with van der Waals surface area (Å²) < 4.78 is 27.0. The van der Waals surface area contributed by atoms with Crippen LogP contribution < -0.4 is 5.32 Å². The number of aliphatic hydroxyl groups is 1. The number of aliphatic hydroxyl groups excluding tert-OH is 1. The molecule has 374 valence electrons. The van der Waals surface area contributed by atoms with Crippen molar-refractivity contribution in [1.82, 2.24) is 5.32 Å². The van der Waals surface area contributed by atoms with Gasteiger partial charge in [0.25, 0.3) is 0 Å². The van der Waals surface area contributed by atoms with E-state index in [4.69, 9.17) is 13.8 Å². The maximum absolute atomic E-state index is 12.2. The smallest absolute Gasteiger partial charge is 0.463 e. The molecule has 0 heterocycles. The Bertz CT molecular complexity index is 1190. The number of unbranched alkanes of at least 4 members (excludes halogenated alkanes) is 29. The summed E-state index contributed by atoms with van der Waals surface area (Å²) in [6.45, 7) is 3.53. The highest BCUT2D eigenvalue weighted by Gasteiger charge is 2.23. The number of carbonyl (C=O) groups excluding carboxylic acids is 2. The van der Waals surface area contributed by atoms with Crippen LogP contribution in [-0.4, -0.2) is 54.3 Å². The van der Waals surface area contributed by atoms with Crippen molar-refractivity contribution in [3.63, 3.8) is 0 Å². The first-order valence-electron chi connectivity index (χ1n) is 26.6. The molecule has 64 heavy (non-hydrogen) atoms. The molecule has 0 fully saturated rings. The van der Waals surface area contributed by atoms with Crippen LogP contribution in [0.3, 0.4) is 0 Å². The van der Waals surface area contributed by atoms with Gasteiger partial charge in [-0.1, -0.05) is 229 Å². The van der Waals surface area contributed by atoms with Crippen molar-refractivity contribution < 1.29 is 37.9 Å². The lowest BCUT2D eigenvalue weighted by atomic mass is 10.0. The first kappa shape index (κ1) is 62.0. The molecule has 3 N–H and O–H groups in total. The molecule has 1 amide bonds. The second kappa shape index (κ2) is 50.4. The van der Waals surface area contributed by atoms with Crippen molar-refractivity contribution in [2.75, 3.05) is 26.4 Å². The van der Waals surface area contributed by atoms with E-state index >= 15 is 0 Å². The van der Waals surface area contributed by atoms with Crippen molar-refractivity contribution in [2.45, 2.75) is 258 Å². The third kappa shape index (κ3) is 51.0. The second-order valence-electron chi connectivity index (χ2n) is 17.9. The summed E-state index contributed by atoms with van der Waals surface area (Å²) in [5.74, 6) is -0.540. The lowest BCUT2D eigenvalue weighted by Gasteiger charge is -2.15. The first-order chi connectivity index (χ1) is 31.3. The van der Waals surface area contributed by atoms with Crippen molar-refractivity contribution >= 4 is 19.7 Å². The maximum atomic E-state index is 12.2. The molecule has 0 saturated heterocycles. The number of ether oxygens (including phenoxy) is 1. The molecule has 9 nitrogen and oxygen atoms in total. The zero-order chi connectivity index (χ0) is 46.7. The number of hydrogen-bond acceptors (Lipinski definition) is 7. The van der Waals surface area contributed by atoms with Gasteiger partial charge in [0.1, 0.15) is 12.7 Å². The van der Waals surface area contributed by atoms with E-state index in [1.54, 1.807) is 0 Å². The Kier molecular flexibility index (Phi) is 48.8. The molecule has 2 unspecified atom stereocenters. The van der Waals surface area contributed by atoms with E-state index in [2.05, 4.69) is 67.8 Å². The molecule has 0 rings (SSSR count). The number of amides is 1. The van der Waals surface area contributed by atoms with Crippen LogP contribution in [0.5, 0.6) is 0 Å². The lowest BCUT2D eigenvalue weighted by molar-refractivity contribution is -0.147. The number of phosphoric acid groups is 1. The van der Waals surface area contributed by atoms with Crippen LogP contribution in [0.4, 0.5) is 0 Å². The number of carbonyl (C=O) groups is 2. The minimum Gasteiger partial charge on any atom is -0.463 e. The number of phosphoric ester groups is 1. The molecule has 0 bridgehead atoms. The van der Waals surface area contributed by atoms with Gasteiger partial charge in [-0.15, -0.1) is 0 Å². The molecule has 0 aromatic rings. The monoisotopic (exact) mass is 922 g/mol. The Morgan fingerprint density at radius 2 is 0.844 bits per heavy atom. The Hall–Kier alpha value is -2.03. The van der Waals surface area contributed by atoms with Gasteiger partial charge in [-0.05, 0) is 57.8 Å². The molecular formula is C54H100NO8P. The summed E-state index contributed by atoms with van der Waals surface area (Å²) >= 11 is 0. The fourth-order valence-corrected chi connectivity index (χ4v) is 8.24. The lowest BCUT2D eigenvalue weighted by Crippen LogP contribution is -2.27. The van der Waals surface area contributed by atoms with Crippen molar-refractivity contribution in [2.24, 2.45) is 0 Å². The highest BCUT2D eigenvalue weighted by atomic mass is 31.2. The predicted molar refractivity (Wildman–Crippen MR) is 270 cm³/mol. The van der Waals surface area contributed by atoms with Crippen LogP contribution >= 0.6 is 7.82 Å². The van der Waals surface area contributed by atoms with Gasteiger partial charge in [0, 0.05) is 19.4 Å². The van der Waals surface area contributed by atoms with Crippen molar-refractivity contribution in [3.05, 3.63) is 48.6 Å². The van der Waals surface area contributed by atoms with Gasteiger partial charge >= 0.3 is 13.8 Å². The summed E-state index contributed by atoms with van der Waals surface area (Å²) in [7, 11) is -4.43. The van der Waals surface area contributed by atoms with E-state index in [9.17, 15) is 24.2 Å². The first-order valence-corrected chi connectivity index (χ1v) is 28.1. The third-order valence-corrected chi connectivity index (χ3v) is 12.5. The summed E-state index contributed by atoms with van der Waals surface area (Å²) in [6.07, 6.45) is 60.6. The third-order valence-electron chi connectivity index (χ3n) is 11.5. The Morgan fingerprint density at radius 1 is 0.484 bits per heavy atom. The van der Waals surface area contributed by atoms with Crippen molar-refractivity contribution in [3.8, 4) is 0 Å². The summed E-state index contributed by atoms with van der Waals surface area (Å²) in [5.41, 5.74) is 0. The quantitative estimate of drug-likeness (QED) is 0.0238. The fraction of sp³-hybridized carbons (Fsp3) is 0.815. The number of nitrogens with one attached hydrogen (secondary N) is 1. The SMILES string of the molecule is CCCCC/C=C\C/C=C\C/C=C\C/C=C\CCCCCC(=O)OCC(O)COP(=O)(O)OCCNC(=O)CCCCCCCCCCCCCCCCCCCCCCCCCC. The zero-order valence-corrected chi connectivity index (χ0v) is 42.4. The number of esters is 1. The number of rotatable bonds is 50. The molecule has 0 aliphatic carbocycles. The molecule has 10 heteroatoms. The van der Waals surface area contributed by atoms with E-state index in [0.29, 0.717) is 12.8 Å². The van der Waals surface area contributed by atoms with Gasteiger partial charge in [0.2, 0.25) is 5.91 Å². The van der Waals surface area contributed by atoms with Gasteiger partial charge in [-0.3, -0.25) is 18.6 Å². The average molecular weight is 922 g/mol. The van der Waals surface area contributed by atoms with Gasteiger partial charge in [-0.2, -0.15) is 0 Å². The van der Waals surface area contributed by atoms with E-state index in [-0.39, 0.29) is 32.1 Å². The molecular weight excluding hydrogens is 822 g/mol. The van der Waals surface area contributed by atoms with Crippen LogP contribution in [-0.2, 0) is 27.9 Å². The summed E-state index contributed by atoms with van der Waals surface area (Å²) in [5, 5.41) is 12.8. The van der Waals surface area contributed by atoms with Gasteiger partial charge < -0.3 is 20.1 Å². The van der Waals surface area contributed by atoms with Crippen LogP contribution in [0.2, 0.25) is 0 Å². The maximum Gasteiger partial charge on any atom is 0.472 e. The van der Waals surface area contributed by atoms with Crippen LogP contribution in [0, 0.1) is 0 Å². The van der Waals surface area contributed by atoms with E-state index in [0.717, 1.165) is 57.8 Å². The molecule has 0 saturated carbocycles. The molecule has 2 atom stereocenters. The van der Waals surface area contributed by atoms with Crippen LogP contribution in [0.25, 0.3) is 0 Å². The molecule has 0 aromatic carbocycles. The summed E-state index contributed by atoms with van der Waals surface area (Å²) in [4.78, 5) is 34.1. The van der Waals surface area contributed by atoms with E-state index in [1.807, 2.05) is 0 Å². The van der Waals surface area contributed by atoms with E-state index < -0.39 is 26.5 Å². The highest BCUT2D eigenvalue weighted by molar-refractivity contribution is 7.47. The zero-order valence-electron chi connectivity index (χ0n) is 41.5. The number of hydrogen-bond donors (Lipinski definition) is 3. The van der Waals surface area contributed by atoms with E-state index in [1.165, 1.54) is 161 Å². The molecule has 0 aromatic heterocycles. The standard InChI is InChI=1S/C54H100NO8P/c1-3-5-7-9-11-13-15-17-19-21-23-24-25-26-27-29-30-32-34-36-38-40-42-44-46-53(57)55-48-49-62-64(59,60)63-51-52(56)50-61-54(58)47-45-43-41-39-37-35-33-31-28-22-20-18-16-14-12-10-8-6-4-2/h12,14,18,20,28,31,35,37,52,56H,3-11,13,15-17,19,21-27,29-30,32-34,36,38-51H2,1-2H3,(H,55,57)(H,59,60)/b14-12-,20-18-,31-28-,37-35-. The van der Waals surface area contributed by atoms with Crippen LogP contribution in [0.15, 0.2) is 48.6 Å². The number of allylic oxidation sites excluding steroid dienone is 8. The highest BCUT2D eigenvalue weighted by Crippen LogP contribution is 2.42. The normalized spacial score (nSPS) is 13.5. The minimum atomic E-state index is -4.43. The predicted octanol–water partition coefficient (Wildman–Crippen LogP) is 15.8. The summed E-state index contributed by atoms with van der Waals surface area (Å²) in [6, 6.07) is 0. The largest absolute Gasteiger partial charge is 0.472 e.